The van der Waals surface area contributed by atoms with E-state index >= 15 is 0 Å². The molecule has 0 saturated heterocycles. The molecule has 1 N–H and O–H groups in total. The maximum Gasteiger partial charge on any atom is 0.130 e. The fourth-order valence-electron chi connectivity index (χ4n) is 1.79. The number of hydrogen-bond donors (Lipinski definition) is 1. The first-order valence-electron chi connectivity index (χ1n) is 4.47. The number of aldehydes is 1. The molecule has 0 radical (unpaired) electrons. The molecule has 1 aliphatic rings. The van der Waals surface area contributed by atoms with Gasteiger partial charge in [-0.15, -0.1) is 0 Å². The van der Waals surface area contributed by atoms with Crippen LogP contribution in [-0.2, 0) is 4.79 Å². The van der Waals surface area contributed by atoms with E-state index in [1.165, 1.54) is 0 Å². The Bertz CT molecular complexity index is 251. The van der Waals surface area contributed by atoms with Crippen molar-refractivity contribution in [3.63, 3.8) is 0 Å². The molecule has 0 bridgehead atoms. The SMILES string of the molecule is C=C1C(C=O)C=CC(C)(C)C1CO. The summed E-state index contributed by atoms with van der Waals surface area (Å²) in [4.78, 5) is 10.6. The Labute approximate surface area is 79.0 Å². The first kappa shape index (κ1) is 10.2. The predicted octanol–water partition coefficient (Wildman–Crippen LogP) is 1.56. The fourth-order valence-corrected chi connectivity index (χ4v) is 1.79. The Balaban J connectivity index is 3.00. The van der Waals surface area contributed by atoms with Crippen LogP contribution in [0, 0.1) is 17.3 Å². The molecule has 0 heterocycles. The first-order chi connectivity index (χ1) is 6.03. The van der Waals surface area contributed by atoms with E-state index in [9.17, 15) is 9.90 Å². The maximum atomic E-state index is 10.6. The zero-order valence-corrected chi connectivity index (χ0v) is 8.16. The molecule has 0 fully saturated rings. The first-order valence-corrected chi connectivity index (χ1v) is 4.47. The molecule has 0 saturated carbocycles. The van der Waals surface area contributed by atoms with Crippen LogP contribution < -0.4 is 0 Å². The van der Waals surface area contributed by atoms with Gasteiger partial charge in [-0.2, -0.15) is 0 Å². The standard InChI is InChI=1S/C11H16O2/c1-8-9(6-12)4-5-11(2,3)10(8)7-13/h4-6,9-10,13H,1,7H2,2-3H3. The highest BCUT2D eigenvalue weighted by Crippen LogP contribution is 2.40. The molecule has 0 aromatic rings. The quantitative estimate of drug-likeness (QED) is 0.517. The third-order valence-electron chi connectivity index (χ3n) is 2.84. The second-order valence-electron chi connectivity index (χ2n) is 4.15. The number of allylic oxidation sites excluding steroid dienone is 2. The number of hydrogen-bond acceptors (Lipinski definition) is 2. The number of aliphatic hydroxyl groups is 1. The van der Waals surface area contributed by atoms with Gasteiger partial charge in [0.1, 0.15) is 6.29 Å². The normalized spacial score (nSPS) is 31.8. The largest absolute Gasteiger partial charge is 0.396 e. The Kier molecular flexibility index (Phi) is 2.71. The third kappa shape index (κ3) is 1.73. The molecule has 0 amide bonds. The topological polar surface area (TPSA) is 37.3 Å². The fraction of sp³-hybridized carbons (Fsp3) is 0.545. The molecule has 0 aromatic heterocycles. The Morgan fingerprint density at radius 3 is 2.77 bits per heavy atom. The molecule has 1 aliphatic carbocycles. The van der Waals surface area contributed by atoms with Gasteiger partial charge in [-0.25, -0.2) is 0 Å². The average Bonchev–Trinajstić information content (AvgIpc) is 2.04. The van der Waals surface area contributed by atoms with Crippen LogP contribution in [0.5, 0.6) is 0 Å². The van der Waals surface area contributed by atoms with Gasteiger partial charge in [0.05, 0.1) is 12.5 Å². The van der Waals surface area contributed by atoms with Crippen LogP contribution in [0.2, 0.25) is 0 Å². The number of carbonyl (C=O) groups is 1. The lowest BCUT2D eigenvalue weighted by molar-refractivity contribution is -0.109. The van der Waals surface area contributed by atoms with Crippen molar-refractivity contribution < 1.29 is 9.90 Å². The molecule has 0 aromatic carbocycles. The van der Waals surface area contributed by atoms with E-state index in [4.69, 9.17) is 0 Å². The third-order valence-corrected chi connectivity index (χ3v) is 2.84. The lowest BCUT2D eigenvalue weighted by Crippen LogP contribution is -2.32. The summed E-state index contributed by atoms with van der Waals surface area (Å²) in [5, 5.41) is 9.20. The molecule has 2 nitrogen and oxygen atoms in total. The summed E-state index contributed by atoms with van der Waals surface area (Å²) < 4.78 is 0. The summed E-state index contributed by atoms with van der Waals surface area (Å²) in [7, 11) is 0. The van der Waals surface area contributed by atoms with Crippen molar-refractivity contribution in [2.24, 2.45) is 17.3 Å². The summed E-state index contributed by atoms with van der Waals surface area (Å²) in [5.74, 6) is -0.224. The van der Waals surface area contributed by atoms with Crippen molar-refractivity contribution in [3.8, 4) is 0 Å². The highest BCUT2D eigenvalue weighted by molar-refractivity contribution is 5.63. The predicted molar refractivity (Wildman–Crippen MR) is 52.2 cm³/mol. The Hall–Kier alpha value is -0.890. The molecule has 2 unspecified atom stereocenters. The van der Waals surface area contributed by atoms with Crippen LogP contribution in [0.25, 0.3) is 0 Å². The molecule has 1 rings (SSSR count). The summed E-state index contributed by atoms with van der Waals surface area (Å²) in [6.45, 7) is 8.00. The van der Waals surface area contributed by atoms with E-state index in [0.29, 0.717) is 0 Å². The second-order valence-corrected chi connectivity index (χ2v) is 4.15. The van der Waals surface area contributed by atoms with Gasteiger partial charge >= 0.3 is 0 Å². The number of rotatable bonds is 2. The van der Waals surface area contributed by atoms with Gasteiger partial charge in [-0.3, -0.25) is 0 Å². The van der Waals surface area contributed by atoms with E-state index in [1.807, 2.05) is 26.0 Å². The van der Waals surface area contributed by atoms with E-state index in [0.717, 1.165) is 11.9 Å². The van der Waals surface area contributed by atoms with Gasteiger partial charge in [0.25, 0.3) is 0 Å². The maximum absolute atomic E-state index is 10.6. The van der Waals surface area contributed by atoms with Crippen LogP contribution in [0.3, 0.4) is 0 Å². The summed E-state index contributed by atoms with van der Waals surface area (Å²) >= 11 is 0. The van der Waals surface area contributed by atoms with Crippen molar-refractivity contribution in [2.75, 3.05) is 6.61 Å². The van der Waals surface area contributed by atoms with Crippen LogP contribution in [0.4, 0.5) is 0 Å². The molecular weight excluding hydrogens is 164 g/mol. The van der Waals surface area contributed by atoms with Crippen LogP contribution in [0.15, 0.2) is 24.3 Å². The van der Waals surface area contributed by atoms with Crippen LogP contribution in [0.1, 0.15) is 13.8 Å². The van der Waals surface area contributed by atoms with Crippen molar-refractivity contribution in [1.82, 2.24) is 0 Å². The zero-order chi connectivity index (χ0) is 10.1. The molecule has 13 heavy (non-hydrogen) atoms. The highest BCUT2D eigenvalue weighted by Gasteiger charge is 2.34. The Morgan fingerprint density at radius 1 is 1.69 bits per heavy atom. The minimum absolute atomic E-state index is 0.00676. The highest BCUT2D eigenvalue weighted by atomic mass is 16.3. The van der Waals surface area contributed by atoms with Crippen molar-refractivity contribution >= 4 is 6.29 Å². The average molecular weight is 180 g/mol. The van der Waals surface area contributed by atoms with Crippen molar-refractivity contribution in [1.29, 1.82) is 0 Å². The second kappa shape index (κ2) is 3.46. The van der Waals surface area contributed by atoms with E-state index in [1.54, 1.807) is 0 Å². The van der Waals surface area contributed by atoms with Crippen molar-refractivity contribution in [3.05, 3.63) is 24.3 Å². The lowest BCUT2D eigenvalue weighted by Gasteiger charge is -2.37. The summed E-state index contributed by atoms with van der Waals surface area (Å²) in [6, 6.07) is 0. The van der Waals surface area contributed by atoms with Gasteiger partial charge in [0.15, 0.2) is 0 Å². The van der Waals surface area contributed by atoms with Gasteiger partial charge in [0, 0.05) is 5.92 Å². The molecule has 0 aliphatic heterocycles. The summed E-state index contributed by atoms with van der Waals surface area (Å²) in [6.07, 6.45) is 4.72. The van der Waals surface area contributed by atoms with Gasteiger partial charge in [0.2, 0.25) is 0 Å². The minimum atomic E-state index is -0.217. The van der Waals surface area contributed by atoms with Gasteiger partial charge in [-0.05, 0) is 5.41 Å². The number of carbonyl (C=O) groups excluding carboxylic acids is 1. The van der Waals surface area contributed by atoms with E-state index in [-0.39, 0.29) is 23.9 Å². The molecule has 72 valence electrons. The van der Waals surface area contributed by atoms with Gasteiger partial charge in [-0.1, -0.05) is 38.2 Å². The Morgan fingerprint density at radius 2 is 2.31 bits per heavy atom. The molecular formula is C11H16O2. The van der Waals surface area contributed by atoms with Gasteiger partial charge < -0.3 is 9.90 Å². The molecule has 2 heteroatoms. The monoisotopic (exact) mass is 180 g/mol. The lowest BCUT2D eigenvalue weighted by atomic mass is 9.68. The number of aliphatic hydroxyl groups excluding tert-OH is 1. The van der Waals surface area contributed by atoms with Crippen LogP contribution >= 0.6 is 0 Å². The smallest absolute Gasteiger partial charge is 0.130 e. The molecule has 2 atom stereocenters. The van der Waals surface area contributed by atoms with E-state index in [2.05, 4.69) is 6.58 Å². The minimum Gasteiger partial charge on any atom is -0.396 e. The van der Waals surface area contributed by atoms with Crippen molar-refractivity contribution in [2.45, 2.75) is 13.8 Å². The zero-order valence-electron chi connectivity index (χ0n) is 8.16. The van der Waals surface area contributed by atoms with Crippen LogP contribution in [-0.4, -0.2) is 18.0 Å². The molecule has 0 spiro atoms. The summed E-state index contributed by atoms with van der Waals surface area (Å²) in [5.41, 5.74) is 0.732. The van der Waals surface area contributed by atoms with E-state index < -0.39 is 0 Å².